The highest BCUT2D eigenvalue weighted by atomic mass is 35.5. The first-order valence-corrected chi connectivity index (χ1v) is 10.1. The van der Waals surface area contributed by atoms with Crippen molar-refractivity contribution in [3.8, 4) is 0 Å². The van der Waals surface area contributed by atoms with Crippen LogP contribution in [0.3, 0.4) is 0 Å². The summed E-state index contributed by atoms with van der Waals surface area (Å²) in [5.41, 5.74) is 4.94. The fraction of sp³-hybridized carbons (Fsp3) is 0.632. The molecule has 1 aliphatic heterocycles. The molecule has 1 saturated heterocycles. The Morgan fingerprint density at radius 3 is 2.75 bits per heavy atom. The van der Waals surface area contributed by atoms with Gasteiger partial charge in [0.1, 0.15) is 11.4 Å². The third-order valence-corrected chi connectivity index (χ3v) is 5.25. The van der Waals surface area contributed by atoms with Crippen molar-refractivity contribution in [3.05, 3.63) is 27.0 Å². The SMILES string of the molecule is CCOC(=O)CCCCN1CCC(CNC(=O)c2cc(Cl)c(N)[nH]c2=O)CC1. The van der Waals surface area contributed by atoms with Crippen LogP contribution in [0.1, 0.15) is 49.4 Å². The van der Waals surface area contributed by atoms with E-state index >= 15 is 0 Å². The molecule has 9 heteroatoms. The minimum Gasteiger partial charge on any atom is -0.466 e. The third-order valence-electron chi connectivity index (χ3n) is 4.93. The Hall–Kier alpha value is -2.06. The molecule has 0 radical (unpaired) electrons. The van der Waals surface area contributed by atoms with Gasteiger partial charge in [0.15, 0.2) is 0 Å². The lowest BCUT2D eigenvalue weighted by Crippen LogP contribution is -2.40. The molecule has 0 unspecified atom stereocenters. The maximum absolute atomic E-state index is 12.2. The predicted molar refractivity (Wildman–Crippen MR) is 108 cm³/mol. The van der Waals surface area contributed by atoms with Gasteiger partial charge >= 0.3 is 5.97 Å². The summed E-state index contributed by atoms with van der Waals surface area (Å²) in [6.45, 7) is 5.67. The fourth-order valence-corrected chi connectivity index (χ4v) is 3.43. The number of carbonyl (C=O) groups excluding carboxylic acids is 2. The topological polar surface area (TPSA) is 118 Å². The summed E-state index contributed by atoms with van der Waals surface area (Å²) >= 11 is 5.87. The zero-order valence-corrected chi connectivity index (χ0v) is 17.0. The first kappa shape index (κ1) is 22.2. The molecule has 0 atom stereocenters. The Morgan fingerprint density at radius 1 is 1.36 bits per heavy atom. The van der Waals surface area contributed by atoms with Crippen LogP contribution < -0.4 is 16.6 Å². The monoisotopic (exact) mass is 412 g/mol. The van der Waals surface area contributed by atoms with Gasteiger partial charge in [0.2, 0.25) is 0 Å². The van der Waals surface area contributed by atoms with E-state index in [1.165, 1.54) is 6.07 Å². The number of likely N-dealkylation sites (tertiary alicyclic amines) is 1. The molecule has 2 rings (SSSR count). The van der Waals surface area contributed by atoms with Gasteiger partial charge in [-0.3, -0.25) is 14.4 Å². The maximum Gasteiger partial charge on any atom is 0.305 e. The number of piperidine rings is 1. The normalized spacial score (nSPS) is 15.4. The van der Waals surface area contributed by atoms with Crippen molar-refractivity contribution in [2.75, 3.05) is 38.5 Å². The molecule has 1 aromatic rings. The van der Waals surface area contributed by atoms with Crippen LogP contribution in [0.25, 0.3) is 0 Å². The second-order valence-electron chi connectivity index (χ2n) is 7.03. The molecular formula is C19H29ClN4O4. The second-order valence-corrected chi connectivity index (χ2v) is 7.44. The van der Waals surface area contributed by atoms with Gasteiger partial charge in [0.05, 0.1) is 11.6 Å². The number of nitrogens with zero attached hydrogens (tertiary/aromatic N) is 1. The minimum absolute atomic E-state index is 0.0294. The fourth-order valence-electron chi connectivity index (χ4n) is 3.27. The van der Waals surface area contributed by atoms with Crippen LogP contribution in [0.4, 0.5) is 5.82 Å². The Balaban J connectivity index is 1.66. The Morgan fingerprint density at radius 2 is 2.07 bits per heavy atom. The highest BCUT2D eigenvalue weighted by Gasteiger charge is 2.20. The number of nitrogen functional groups attached to an aromatic ring is 1. The molecule has 1 aliphatic rings. The van der Waals surface area contributed by atoms with E-state index in [0.29, 0.717) is 25.5 Å². The van der Waals surface area contributed by atoms with Crippen LogP contribution in [-0.2, 0) is 9.53 Å². The number of unbranched alkanes of at least 4 members (excludes halogenated alkanes) is 1. The van der Waals surface area contributed by atoms with E-state index in [-0.39, 0.29) is 22.4 Å². The van der Waals surface area contributed by atoms with Crippen molar-refractivity contribution in [3.63, 3.8) is 0 Å². The van der Waals surface area contributed by atoms with Gasteiger partial charge in [0.25, 0.3) is 11.5 Å². The van der Waals surface area contributed by atoms with Gasteiger partial charge in [-0.2, -0.15) is 0 Å². The number of amides is 1. The van der Waals surface area contributed by atoms with Gasteiger partial charge in [-0.25, -0.2) is 0 Å². The number of H-pyrrole nitrogens is 1. The van der Waals surface area contributed by atoms with Crippen molar-refractivity contribution < 1.29 is 14.3 Å². The number of ether oxygens (including phenoxy) is 1. The first-order chi connectivity index (χ1) is 13.4. The lowest BCUT2D eigenvalue weighted by molar-refractivity contribution is -0.143. The molecular weight excluding hydrogens is 384 g/mol. The highest BCUT2D eigenvalue weighted by molar-refractivity contribution is 6.33. The molecule has 1 fully saturated rings. The van der Waals surface area contributed by atoms with E-state index in [2.05, 4.69) is 15.2 Å². The molecule has 0 bridgehead atoms. The molecule has 0 spiro atoms. The highest BCUT2D eigenvalue weighted by Crippen LogP contribution is 2.18. The third kappa shape index (κ3) is 6.83. The number of esters is 1. The molecule has 8 nitrogen and oxygen atoms in total. The minimum atomic E-state index is -0.544. The van der Waals surface area contributed by atoms with E-state index in [1.807, 2.05) is 6.92 Å². The van der Waals surface area contributed by atoms with Crippen LogP contribution in [0.5, 0.6) is 0 Å². The molecule has 1 amide bonds. The van der Waals surface area contributed by atoms with Gasteiger partial charge < -0.3 is 25.7 Å². The Bertz CT molecular complexity index is 729. The first-order valence-electron chi connectivity index (χ1n) is 9.75. The molecule has 28 heavy (non-hydrogen) atoms. The lowest BCUT2D eigenvalue weighted by Gasteiger charge is -2.32. The second kappa shape index (κ2) is 11.1. The number of carbonyl (C=O) groups is 2. The summed E-state index contributed by atoms with van der Waals surface area (Å²) in [6.07, 6.45) is 4.26. The van der Waals surface area contributed by atoms with Crippen molar-refractivity contribution in [1.29, 1.82) is 0 Å². The van der Waals surface area contributed by atoms with Crippen LogP contribution in [0.2, 0.25) is 5.02 Å². The summed E-state index contributed by atoms with van der Waals surface area (Å²) < 4.78 is 4.92. The number of nitrogens with one attached hydrogen (secondary N) is 2. The number of hydrogen-bond donors (Lipinski definition) is 3. The molecule has 4 N–H and O–H groups in total. The van der Waals surface area contributed by atoms with Crippen molar-refractivity contribution >= 4 is 29.3 Å². The molecule has 0 aromatic carbocycles. The van der Waals surface area contributed by atoms with Crippen LogP contribution in [0.15, 0.2) is 10.9 Å². The van der Waals surface area contributed by atoms with Crippen LogP contribution in [0, 0.1) is 5.92 Å². The number of nitrogens with two attached hydrogens (primary N) is 1. The Labute approximate surface area is 169 Å². The number of pyridine rings is 1. The van der Waals surface area contributed by atoms with Crippen molar-refractivity contribution in [1.82, 2.24) is 15.2 Å². The summed E-state index contributed by atoms with van der Waals surface area (Å²) in [6, 6.07) is 1.30. The zero-order valence-electron chi connectivity index (χ0n) is 16.3. The molecule has 2 heterocycles. The molecule has 156 valence electrons. The smallest absolute Gasteiger partial charge is 0.305 e. The Kier molecular flexibility index (Phi) is 8.79. The number of aromatic amines is 1. The summed E-state index contributed by atoms with van der Waals surface area (Å²) in [7, 11) is 0. The lowest BCUT2D eigenvalue weighted by atomic mass is 9.96. The summed E-state index contributed by atoms with van der Waals surface area (Å²) in [5.74, 6) is -0.136. The van der Waals surface area contributed by atoms with Crippen LogP contribution in [-0.4, -0.2) is 54.5 Å². The van der Waals surface area contributed by atoms with Crippen molar-refractivity contribution in [2.45, 2.75) is 39.0 Å². The number of rotatable bonds is 9. The van der Waals surface area contributed by atoms with E-state index in [1.54, 1.807) is 0 Å². The number of anilines is 1. The molecule has 0 saturated carbocycles. The molecule has 0 aliphatic carbocycles. The zero-order chi connectivity index (χ0) is 20.5. The van der Waals surface area contributed by atoms with Gasteiger partial charge in [0, 0.05) is 13.0 Å². The predicted octanol–water partition coefficient (Wildman–Crippen LogP) is 1.79. The molecule has 1 aromatic heterocycles. The van der Waals surface area contributed by atoms with E-state index < -0.39 is 11.5 Å². The van der Waals surface area contributed by atoms with Gasteiger partial charge in [-0.05, 0) is 64.2 Å². The average molecular weight is 413 g/mol. The standard InChI is InChI=1S/C19H29ClN4O4/c1-2-28-16(25)5-3-4-8-24-9-6-13(7-10-24)12-22-18(26)14-11-15(20)17(21)23-19(14)27/h11,13H,2-10,12H2,1H3,(H,22,26)(H3,21,23,27). The largest absolute Gasteiger partial charge is 0.466 e. The number of hydrogen-bond acceptors (Lipinski definition) is 6. The van der Waals surface area contributed by atoms with Gasteiger partial charge in [-0.1, -0.05) is 11.6 Å². The van der Waals surface area contributed by atoms with E-state index in [9.17, 15) is 14.4 Å². The van der Waals surface area contributed by atoms with Crippen LogP contribution >= 0.6 is 11.6 Å². The van der Waals surface area contributed by atoms with E-state index in [0.717, 1.165) is 45.3 Å². The number of halogens is 1. The summed E-state index contributed by atoms with van der Waals surface area (Å²) in [4.78, 5) is 40.1. The average Bonchev–Trinajstić information content (AvgIpc) is 2.67. The van der Waals surface area contributed by atoms with E-state index in [4.69, 9.17) is 22.1 Å². The van der Waals surface area contributed by atoms with Crippen molar-refractivity contribution in [2.24, 2.45) is 5.92 Å². The summed E-state index contributed by atoms with van der Waals surface area (Å²) in [5, 5.41) is 2.97. The van der Waals surface area contributed by atoms with Gasteiger partial charge in [-0.15, -0.1) is 0 Å². The number of aromatic nitrogens is 1. The quantitative estimate of drug-likeness (QED) is 0.420. The maximum atomic E-state index is 12.2.